The summed E-state index contributed by atoms with van der Waals surface area (Å²) in [5, 5.41) is 20.0. The Hall–Kier alpha value is -1.26. The summed E-state index contributed by atoms with van der Waals surface area (Å²) in [4.78, 5) is 0. The molecule has 0 amide bonds. The molecule has 0 unspecified atom stereocenters. The van der Waals surface area contributed by atoms with E-state index in [2.05, 4.69) is 13.8 Å². The van der Waals surface area contributed by atoms with Gasteiger partial charge in [-0.1, -0.05) is 97.0 Å². The molecule has 0 atom stereocenters. The van der Waals surface area contributed by atoms with Crippen molar-refractivity contribution >= 4 is 0 Å². The van der Waals surface area contributed by atoms with Crippen molar-refractivity contribution in [2.24, 2.45) is 0 Å². The van der Waals surface area contributed by atoms with Crippen molar-refractivity contribution in [1.82, 2.24) is 0 Å². The Balaban J connectivity index is 2.35. The van der Waals surface area contributed by atoms with Crippen LogP contribution in [0.4, 0.5) is 0 Å². The lowest BCUT2D eigenvalue weighted by Crippen LogP contribution is -2.11. The summed E-state index contributed by atoms with van der Waals surface area (Å²) < 4.78 is 11.9. The molecule has 0 aliphatic rings. The molecule has 0 bridgehead atoms. The second kappa shape index (κ2) is 17.6. The Morgan fingerprint density at radius 3 is 1.59 bits per heavy atom. The molecule has 168 valence electrons. The zero-order valence-electron chi connectivity index (χ0n) is 18.8. The predicted octanol–water partition coefficient (Wildman–Crippen LogP) is 7.63. The number of rotatable bonds is 19. The van der Waals surface area contributed by atoms with Gasteiger partial charge in [-0.25, -0.2) is 0 Å². The number of benzene rings is 1. The van der Waals surface area contributed by atoms with Crippen molar-refractivity contribution < 1.29 is 19.7 Å². The van der Waals surface area contributed by atoms with Crippen molar-refractivity contribution in [2.45, 2.75) is 110 Å². The third kappa shape index (κ3) is 12.1. The third-order valence-electron chi connectivity index (χ3n) is 5.33. The summed E-state index contributed by atoms with van der Waals surface area (Å²) >= 11 is 0. The van der Waals surface area contributed by atoms with Crippen LogP contribution in [-0.4, -0.2) is 23.4 Å². The van der Waals surface area contributed by atoms with Crippen LogP contribution in [0.2, 0.25) is 0 Å². The van der Waals surface area contributed by atoms with Gasteiger partial charge in [0.15, 0.2) is 17.8 Å². The van der Waals surface area contributed by atoms with E-state index in [-0.39, 0.29) is 11.5 Å². The van der Waals surface area contributed by atoms with Crippen LogP contribution >= 0.6 is 0 Å². The average Bonchev–Trinajstić information content (AvgIpc) is 2.72. The Bertz CT molecular complexity index is 484. The van der Waals surface area contributed by atoms with Gasteiger partial charge in [0.05, 0.1) is 18.8 Å². The highest BCUT2D eigenvalue weighted by Gasteiger charge is 2.18. The Kier molecular flexibility index (Phi) is 15.6. The zero-order valence-corrected chi connectivity index (χ0v) is 18.8. The molecule has 4 heteroatoms. The van der Waals surface area contributed by atoms with Gasteiger partial charge in [-0.05, 0) is 25.0 Å². The maximum absolute atomic E-state index is 10.2. The maximum Gasteiger partial charge on any atom is 0.187 e. The monoisotopic (exact) mass is 408 g/mol. The van der Waals surface area contributed by atoms with Crippen LogP contribution in [0.3, 0.4) is 0 Å². The number of phenolic OH excluding ortho intramolecular Hbond substituents is 2. The highest BCUT2D eigenvalue weighted by molar-refractivity contribution is 5.44. The van der Waals surface area contributed by atoms with E-state index in [4.69, 9.17) is 9.47 Å². The highest BCUT2D eigenvalue weighted by atomic mass is 16.7. The van der Waals surface area contributed by atoms with Crippen molar-refractivity contribution in [3.8, 4) is 11.5 Å². The predicted molar refractivity (Wildman–Crippen MR) is 120 cm³/mol. The van der Waals surface area contributed by atoms with Crippen LogP contribution in [0.1, 0.15) is 116 Å². The van der Waals surface area contributed by atoms with Crippen LogP contribution in [0.15, 0.2) is 18.2 Å². The number of hydrogen-bond acceptors (Lipinski definition) is 4. The van der Waals surface area contributed by atoms with E-state index in [0.29, 0.717) is 18.8 Å². The smallest absolute Gasteiger partial charge is 0.187 e. The first-order chi connectivity index (χ1) is 14.2. The molecule has 0 radical (unpaired) electrons. The van der Waals surface area contributed by atoms with Crippen molar-refractivity contribution in [3.05, 3.63) is 23.8 Å². The molecule has 0 heterocycles. The lowest BCUT2D eigenvalue weighted by atomic mass is 10.1. The molecule has 0 spiro atoms. The van der Waals surface area contributed by atoms with E-state index in [1.54, 1.807) is 12.1 Å². The number of unbranched alkanes of at least 4 members (excludes halogenated alkanes) is 12. The number of hydrogen-bond donors (Lipinski definition) is 2. The quantitative estimate of drug-likeness (QED) is 0.140. The summed E-state index contributed by atoms with van der Waals surface area (Å²) in [6.45, 7) is 5.67. The molecule has 0 saturated carbocycles. The Labute approximate surface area is 178 Å². The molecule has 0 aliphatic heterocycles. The minimum absolute atomic E-state index is 0.133. The SMILES string of the molecule is CCCCCCCCCOC(OCCCCCCCCC)c1cccc(O)c1O. The fraction of sp³-hybridized carbons (Fsp3) is 0.760. The fourth-order valence-corrected chi connectivity index (χ4v) is 3.47. The summed E-state index contributed by atoms with van der Waals surface area (Å²) in [6.07, 6.45) is 16.5. The second-order valence-corrected chi connectivity index (χ2v) is 8.03. The van der Waals surface area contributed by atoms with Crippen LogP contribution in [-0.2, 0) is 9.47 Å². The van der Waals surface area contributed by atoms with Gasteiger partial charge in [0.1, 0.15) is 0 Å². The van der Waals surface area contributed by atoms with Crippen molar-refractivity contribution in [1.29, 1.82) is 0 Å². The van der Waals surface area contributed by atoms with Gasteiger partial charge in [0.2, 0.25) is 0 Å². The normalized spacial score (nSPS) is 11.4. The molecular weight excluding hydrogens is 364 g/mol. The van der Waals surface area contributed by atoms with Gasteiger partial charge < -0.3 is 19.7 Å². The lowest BCUT2D eigenvalue weighted by Gasteiger charge is -2.20. The summed E-state index contributed by atoms with van der Waals surface area (Å²) in [6, 6.07) is 4.95. The first kappa shape index (κ1) is 25.8. The molecule has 0 saturated heterocycles. The summed E-state index contributed by atoms with van der Waals surface area (Å²) in [5.41, 5.74) is 0.510. The minimum Gasteiger partial charge on any atom is -0.504 e. The third-order valence-corrected chi connectivity index (χ3v) is 5.33. The Morgan fingerprint density at radius 2 is 1.10 bits per heavy atom. The summed E-state index contributed by atoms with van der Waals surface area (Å²) in [7, 11) is 0. The molecule has 2 N–H and O–H groups in total. The van der Waals surface area contributed by atoms with E-state index in [9.17, 15) is 10.2 Å². The second-order valence-electron chi connectivity index (χ2n) is 8.03. The molecule has 0 fully saturated rings. The van der Waals surface area contributed by atoms with Gasteiger partial charge in [0, 0.05) is 0 Å². The number of ether oxygens (including phenoxy) is 2. The number of aromatic hydroxyl groups is 2. The van der Waals surface area contributed by atoms with Gasteiger partial charge >= 0.3 is 0 Å². The van der Waals surface area contributed by atoms with Crippen LogP contribution in [0.5, 0.6) is 11.5 Å². The largest absolute Gasteiger partial charge is 0.504 e. The highest BCUT2D eigenvalue weighted by Crippen LogP contribution is 2.35. The fourth-order valence-electron chi connectivity index (χ4n) is 3.47. The molecular formula is C25H44O4. The minimum atomic E-state index is -0.623. The first-order valence-electron chi connectivity index (χ1n) is 11.9. The molecule has 0 aromatic heterocycles. The lowest BCUT2D eigenvalue weighted by molar-refractivity contribution is -0.149. The van der Waals surface area contributed by atoms with E-state index in [1.807, 2.05) is 0 Å². The molecule has 1 aromatic carbocycles. The molecule has 4 nitrogen and oxygen atoms in total. The average molecular weight is 409 g/mol. The van der Waals surface area contributed by atoms with E-state index >= 15 is 0 Å². The van der Waals surface area contributed by atoms with E-state index < -0.39 is 6.29 Å². The molecule has 29 heavy (non-hydrogen) atoms. The zero-order chi connectivity index (χ0) is 21.2. The van der Waals surface area contributed by atoms with E-state index in [1.165, 1.54) is 70.3 Å². The van der Waals surface area contributed by atoms with Gasteiger partial charge in [0.25, 0.3) is 0 Å². The molecule has 0 aliphatic carbocycles. The van der Waals surface area contributed by atoms with E-state index in [0.717, 1.165) is 25.7 Å². The maximum atomic E-state index is 10.2. The van der Waals surface area contributed by atoms with Crippen LogP contribution in [0.25, 0.3) is 0 Å². The van der Waals surface area contributed by atoms with Gasteiger partial charge in [-0.3, -0.25) is 0 Å². The number of phenols is 2. The Morgan fingerprint density at radius 1 is 0.655 bits per heavy atom. The standard InChI is InChI=1S/C25H44O4/c1-3-5-7-9-11-13-15-20-28-25(22-18-17-19-23(26)24(22)27)29-21-16-14-12-10-8-6-4-2/h17-19,25-27H,3-16,20-21H2,1-2H3. The van der Waals surface area contributed by atoms with Gasteiger partial charge in [-0.15, -0.1) is 0 Å². The van der Waals surface area contributed by atoms with Crippen LogP contribution in [0, 0.1) is 0 Å². The van der Waals surface area contributed by atoms with Crippen molar-refractivity contribution in [3.63, 3.8) is 0 Å². The summed E-state index contributed by atoms with van der Waals surface area (Å²) in [5.74, 6) is -0.275. The number of para-hydroxylation sites is 1. The first-order valence-corrected chi connectivity index (χ1v) is 11.9. The molecule has 1 rings (SSSR count). The van der Waals surface area contributed by atoms with Gasteiger partial charge in [-0.2, -0.15) is 0 Å². The van der Waals surface area contributed by atoms with Crippen molar-refractivity contribution in [2.75, 3.05) is 13.2 Å². The molecule has 1 aromatic rings. The van der Waals surface area contributed by atoms with Crippen LogP contribution < -0.4 is 0 Å². The topological polar surface area (TPSA) is 58.9 Å².